The molecule has 0 atom stereocenters. The van der Waals surface area contributed by atoms with E-state index in [4.69, 9.17) is 0 Å². The second-order valence-electron chi connectivity index (χ2n) is 19.1. The summed E-state index contributed by atoms with van der Waals surface area (Å²) < 4.78 is 62.9. The highest BCUT2D eigenvalue weighted by Crippen LogP contribution is 2.43. The van der Waals surface area contributed by atoms with E-state index in [0.29, 0.717) is 22.7 Å². The molecule has 0 saturated carbocycles. The number of anilines is 12. The highest BCUT2D eigenvalue weighted by atomic mass is 19.1. The van der Waals surface area contributed by atoms with E-state index in [1.165, 1.54) is 16.7 Å². The third-order valence-electron chi connectivity index (χ3n) is 13.8. The lowest BCUT2D eigenvalue weighted by molar-refractivity contribution is 0.564. The smallest absolute Gasteiger partial charge is 0.136 e. The maximum atomic E-state index is 15.7. The van der Waals surface area contributed by atoms with E-state index < -0.39 is 34.4 Å². The molecular formula is C73H54F4N4. The molecule has 0 radical (unpaired) electrons. The first kappa shape index (κ1) is 52.6. The number of halogens is 4. The number of benzene rings is 12. The van der Waals surface area contributed by atoms with Crippen molar-refractivity contribution in [2.24, 2.45) is 0 Å². The van der Waals surface area contributed by atoms with Gasteiger partial charge < -0.3 is 19.6 Å². The van der Waals surface area contributed by atoms with Crippen molar-refractivity contribution in [1.82, 2.24) is 0 Å². The van der Waals surface area contributed by atoms with Crippen molar-refractivity contribution < 1.29 is 17.6 Å². The lowest BCUT2D eigenvalue weighted by atomic mass is 9.99. The van der Waals surface area contributed by atoms with Crippen LogP contribution >= 0.6 is 0 Å². The van der Waals surface area contributed by atoms with Gasteiger partial charge in [0.1, 0.15) is 23.3 Å². The van der Waals surface area contributed by atoms with Crippen LogP contribution in [0.4, 0.5) is 85.8 Å². The molecule has 0 aliphatic carbocycles. The van der Waals surface area contributed by atoms with Gasteiger partial charge in [-0.05, 0) is 169 Å². The van der Waals surface area contributed by atoms with Crippen molar-refractivity contribution >= 4 is 68.2 Å². The molecule has 0 amide bonds. The first-order valence-electron chi connectivity index (χ1n) is 26.6. The Hall–Kier alpha value is -10.4. The van der Waals surface area contributed by atoms with Crippen LogP contribution in [0.25, 0.3) is 22.3 Å². The van der Waals surface area contributed by atoms with Gasteiger partial charge >= 0.3 is 0 Å². The first-order valence-corrected chi connectivity index (χ1v) is 26.6. The molecule has 8 heteroatoms. The van der Waals surface area contributed by atoms with Crippen LogP contribution in [-0.4, -0.2) is 0 Å². The number of para-hydroxylation sites is 8. The van der Waals surface area contributed by atoms with Crippen LogP contribution in [0.3, 0.4) is 0 Å². The molecule has 12 rings (SSSR count). The van der Waals surface area contributed by atoms with Crippen molar-refractivity contribution in [3.05, 3.63) is 338 Å². The molecule has 0 fully saturated rings. The predicted molar refractivity (Wildman–Crippen MR) is 327 cm³/mol. The average molecular weight is 1060 g/mol. The van der Waals surface area contributed by atoms with Gasteiger partial charge in [0.05, 0.1) is 22.5 Å². The highest BCUT2D eigenvalue weighted by Gasteiger charge is 2.26. The molecule has 4 nitrogen and oxygen atoms in total. The number of rotatable bonds is 14. The number of nitrogens with zero attached hydrogens (tertiary/aromatic N) is 4. The summed E-state index contributed by atoms with van der Waals surface area (Å²) in [5.74, 6) is -4.35. The summed E-state index contributed by atoms with van der Waals surface area (Å²) in [5.41, 5.74) is 12.0. The summed E-state index contributed by atoms with van der Waals surface area (Å²) >= 11 is 0. The van der Waals surface area contributed by atoms with Gasteiger partial charge in [0, 0.05) is 56.9 Å². The van der Waals surface area contributed by atoms with Gasteiger partial charge in [0.2, 0.25) is 0 Å². The number of hydrogen-bond donors (Lipinski definition) is 0. The zero-order chi connectivity index (χ0) is 55.5. The van der Waals surface area contributed by atoms with Crippen molar-refractivity contribution in [1.29, 1.82) is 0 Å². The molecule has 0 aliphatic heterocycles. The van der Waals surface area contributed by atoms with E-state index in [1.54, 1.807) is 58.3 Å². The maximum absolute atomic E-state index is 15.7. The van der Waals surface area contributed by atoms with E-state index in [1.807, 2.05) is 72.8 Å². The van der Waals surface area contributed by atoms with Crippen LogP contribution in [0.15, 0.2) is 309 Å². The molecule has 81 heavy (non-hydrogen) atoms. The highest BCUT2D eigenvalue weighted by molar-refractivity contribution is 5.84. The van der Waals surface area contributed by atoms with Crippen LogP contribution in [0.2, 0.25) is 0 Å². The molecule has 0 saturated heterocycles. The minimum Gasteiger partial charge on any atom is -0.311 e. The maximum Gasteiger partial charge on any atom is 0.136 e. The second-order valence-corrected chi connectivity index (χ2v) is 19.1. The number of aryl methyl sites for hydroxylation is 1. The Balaban J connectivity index is 0.000000171. The summed E-state index contributed by atoms with van der Waals surface area (Å²) in [7, 11) is 0. The van der Waals surface area contributed by atoms with Crippen molar-refractivity contribution in [3.8, 4) is 22.3 Å². The van der Waals surface area contributed by atoms with Crippen LogP contribution in [0.5, 0.6) is 0 Å². The fraction of sp³-hybridized carbons (Fsp3) is 0.0137. The van der Waals surface area contributed by atoms with E-state index in [0.717, 1.165) is 58.4 Å². The van der Waals surface area contributed by atoms with Crippen molar-refractivity contribution in [3.63, 3.8) is 0 Å². The standard InChI is InChI=1S/C37H30N2.C36H24F4N2/c1-29-28-36(39(33-18-10-4-11-19-33)34-20-12-5-13-21-34)26-27-37(29)30-22-24-35(25-23-30)38(31-14-6-2-7-15-31)32-16-8-3-9-17-32;37-31-21-29(41(25-13-5-1-6-14-25)26-15-7-2-8-16-26)22-32(38)35(31)36-33(39)23-30(24-34(36)40)42(27-17-9-3-10-18-27)28-19-11-4-12-20-28/h2-28H,1H3;1-24H. The molecule has 12 aromatic rings. The lowest BCUT2D eigenvalue weighted by Crippen LogP contribution is -2.12. The minimum absolute atomic E-state index is 0.169. The van der Waals surface area contributed by atoms with E-state index >= 15 is 17.6 Å². The Labute approximate surface area is 470 Å². The predicted octanol–water partition coefficient (Wildman–Crippen LogP) is 21.5. The van der Waals surface area contributed by atoms with Gasteiger partial charge in [-0.2, -0.15) is 0 Å². The minimum atomic E-state index is -1.09. The average Bonchev–Trinajstić information content (AvgIpc) is 3.52. The molecule has 0 aliphatic rings. The van der Waals surface area contributed by atoms with Gasteiger partial charge in [-0.3, -0.25) is 0 Å². The van der Waals surface area contributed by atoms with Crippen LogP contribution < -0.4 is 19.6 Å². The topological polar surface area (TPSA) is 13.0 Å². The van der Waals surface area contributed by atoms with Gasteiger partial charge in [-0.15, -0.1) is 0 Å². The van der Waals surface area contributed by atoms with Gasteiger partial charge in [0.15, 0.2) is 0 Å². The third-order valence-corrected chi connectivity index (χ3v) is 13.8. The quantitative estimate of drug-likeness (QED) is 0.101. The van der Waals surface area contributed by atoms with Crippen molar-refractivity contribution in [2.75, 3.05) is 19.6 Å². The fourth-order valence-corrected chi connectivity index (χ4v) is 10.2. The Morgan fingerprint density at radius 3 is 0.667 bits per heavy atom. The molecule has 0 N–H and O–H groups in total. The second kappa shape index (κ2) is 24.5. The fourth-order valence-electron chi connectivity index (χ4n) is 10.2. The Kier molecular flexibility index (Phi) is 15.9. The zero-order valence-electron chi connectivity index (χ0n) is 44.2. The SMILES string of the molecule is Cc1cc(N(c2ccccc2)c2ccccc2)ccc1-c1ccc(N(c2ccccc2)c2ccccc2)cc1.Fc1cc(N(c2ccccc2)c2ccccc2)cc(F)c1-c1c(F)cc(N(c2ccccc2)c2ccccc2)cc1F. The lowest BCUT2D eigenvalue weighted by Gasteiger charge is -2.27. The monoisotopic (exact) mass is 1060 g/mol. The number of hydrogen-bond acceptors (Lipinski definition) is 4. The van der Waals surface area contributed by atoms with E-state index in [-0.39, 0.29) is 11.4 Å². The van der Waals surface area contributed by atoms with Crippen LogP contribution in [0.1, 0.15) is 5.56 Å². The third kappa shape index (κ3) is 11.7. The molecule has 0 heterocycles. The van der Waals surface area contributed by atoms with Crippen LogP contribution in [-0.2, 0) is 0 Å². The van der Waals surface area contributed by atoms with Gasteiger partial charge in [0.25, 0.3) is 0 Å². The Morgan fingerprint density at radius 2 is 0.420 bits per heavy atom. The van der Waals surface area contributed by atoms with Crippen LogP contribution in [0, 0.1) is 30.2 Å². The van der Waals surface area contributed by atoms with Gasteiger partial charge in [-0.25, -0.2) is 17.6 Å². The van der Waals surface area contributed by atoms with E-state index in [9.17, 15) is 0 Å². The largest absolute Gasteiger partial charge is 0.311 e. The molecule has 0 aromatic heterocycles. The summed E-state index contributed by atoms with van der Waals surface area (Å²) in [6.45, 7) is 2.20. The first-order chi connectivity index (χ1) is 39.8. The molecule has 0 spiro atoms. The molecule has 394 valence electrons. The Morgan fingerprint density at radius 1 is 0.210 bits per heavy atom. The molecular weight excluding hydrogens is 1010 g/mol. The molecule has 0 unspecified atom stereocenters. The summed E-state index contributed by atoms with van der Waals surface area (Å²) in [6, 6.07) is 98.4. The summed E-state index contributed by atoms with van der Waals surface area (Å²) in [6.07, 6.45) is 0. The summed E-state index contributed by atoms with van der Waals surface area (Å²) in [5, 5.41) is 0. The van der Waals surface area contributed by atoms with Crippen molar-refractivity contribution in [2.45, 2.75) is 6.92 Å². The molecule has 0 bridgehead atoms. The Bertz CT molecular complexity index is 3630. The summed E-state index contributed by atoms with van der Waals surface area (Å²) in [4.78, 5) is 7.93. The van der Waals surface area contributed by atoms with Gasteiger partial charge in [-0.1, -0.05) is 164 Å². The molecule has 12 aromatic carbocycles. The normalized spacial score (nSPS) is 10.8. The van der Waals surface area contributed by atoms with E-state index in [2.05, 4.69) is 181 Å². The zero-order valence-corrected chi connectivity index (χ0v) is 44.2.